The largest absolute Gasteiger partial charge is 0.326 e. The van der Waals surface area contributed by atoms with Gasteiger partial charge in [0.1, 0.15) is 0 Å². The first-order valence-electron chi connectivity index (χ1n) is 5.04. The lowest BCUT2D eigenvalue weighted by molar-refractivity contribution is -0.456. The third-order valence-corrected chi connectivity index (χ3v) is 3.05. The number of nitrogens with one attached hydrogen (secondary N) is 1. The van der Waals surface area contributed by atoms with Crippen LogP contribution in [0.3, 0.4) is 0 Å². The predicted molar refractivity (Wildman–Crippen MR) is 45.1 cm³/mol. The van der Waals surface area contributed by atoms with Crippen molar-refractivity contribution in [3.05, 3.63) is 0 Å². The minimum atomic E-state index is -0.745. The maximum atomic E-state index is 5.64. The van der Waals surface area contributed by atoms with Crippen LogP contribution < -0.4 is 5.32 Å². The second kappa shape index (κ2) is 2.92. The molecular formula is C9H15NO3. The van der Waals surface area contributed by atoms with Crippen molar-refractivity contribution in [2.45, 2.75) is 24.9 Å². The summed E-state index contributed by atoms with van der Waals surface area (Å²) in [5.41, 5.74) is 0. The van der Waals surface area contributed by atoms with Crippen LogP contribution in [0.2, 0.25) is 0 Å². The first kappa shape index (κ1) is 8.17. The molecule has 0 aromatic carbocycles. The van der Waals surface area contributed by atoms with E-state index in [1.54, 1.807) is 0 Å². The first-order chi connectivity index (χ1) is 6.39. The third kappa shape index (κ3) is 1.21. The Morgan fingerprint density at radius 2 is 1.77 bits per heavy atom. The lowest BCUT2D eigenvalue weighted by Crippen LogP contribution is -2.62. The second-order valence-corrected chi connectivity index (χ2v) is 4.05. The SMILES string of the molecule is C1CNC(C23OCC(CO2)CO3)C1. The van der Waals surface area contributed by atoms with Crippen molar-refractivity contribution in [2.75, 3.05) is 26.4 Å². The van der Waals surface area contributed by atoms with Crippen LogP contribution in [0.5, 0.6) is 0 Å². The van der Waals surface area contributed by atoms with E-state index in [-0.39, 0.29) is 6.04 Å². The summed E-state index contributed by atoms with van der Waals surface area (Å²) in [5, 5.41) is 3.37. The van der Waals surface area contributed by atoms with E-state index in [0.29, 0.717) is 5.92 Å². The zero-order valence-corrected chi connectivity index (χ0v) is 7.62. The normalized spacial score (nSPS) is 49.8. The van der Waals surface area contributed by atoms with E-state index >= 15 is 0 Å². The van der Waals surface area contributed by atoms with Crippen molar-refractivity contribution in [2.24, 2.45) is 5.92 Å². The van der Waals surface area contributed by atoms with Gasteiger partial charge in [-0.05, 0) is 19.4 Å². The van der Waals surface area contributed by atoms with Gasteiger partial charge in [-0.2, -0.15) is 0 Å². The van der Waals surface area contributed by atoms with Gasteiger partial charge >= 0.3 is 0 Å². The zero-order valence-electron chi connectivity index (χ0n) is 7.62. The van der Waals surface area contributed by atoms with Gasteiger partial charge in [-0.25, -0.2) is 0 Å². The minimum Gasteiger partial charge on any atom is -0.326 e. The molecule has 1 atom stereocenters. The van der Waals surface area contributed by atoms with Gasteiger partial charge in [0.2, 0.25) is 0 Å². The Morgan fingerprint density at radius 1 is 1.08 bits per heavy atom. The Morgan fingerprint density at radius 3 is 2.31 bits per heavy atom. The Labute approximate surface area is 77.5 Å². The summed E-state index contributed by atoms with van der Waals surface area (Å²) < 4.78 is 16.9. The summed E-state index contributed by atoms with van der Waals surface area (Å²) in [6.45, 7) is 3.42. The molecule has 4 heteroatoms. The van der Waals surface area contributed by atoms with Gasteiger partial charge in [0.15, 0.2) is 0 Å². The molecule has 4 saturated heterocycles. The van der Waals surface area contributed by atoms with E-state index in [4.69, 9.17) is 14.2 Å². The van der Waals surface area contributed by atoms with Gasteiger partial charge in [0.25, 0.3) is 5.97 Å². The quantitative estimate of drug-likeness (QED) is 0.628. The molecule has 0 saturated carbocycles. The second-order valence-electron chi connectivity index (χ2n) is 4.05. The number of ether oxygens (including phenoxy) is 3. The molecule has 4 aliphatic heterocycles. The Bertz CT molecular complexity index is 181. The van der Waals surface area contributed by atoms with Crippen LogP contribution in [0.25, 0.3) is 0 Å². The van der Waals surface area contributed by atoms with Crippen LogP contribution in [0.1, 0.15) is 12.8 Å². The fraction of sp³-hybridized carbons (Fsp3) is 1.00. The molecule has 4 nitrogen and oxygen atoms in total. The lowest BCUT2D eigenvalue weighted by Gasteiger charge is -2.47. The Balaban J connectivity index is 1.78. The predicted octanol–water partition coefficient (Wildman–Crippen LogP) is 0.0854. The summed E-state index contributed by atoms with van der Waals surface area (Å²) in [5.74, 6) is -0.297. The number of fused-ring (bicyclic) bond motifs is 3. The van der Waals surface area contributed by atoms with Gasteiger partial charge < -0.3 is 19.5 Å². The molecular weight excluding hydrogens is 170 g/mol. The van der Waals surface area contributed by atoms with Crippen molar-refractivity contribution in [1.29, 1.82) is 0 Å². The first-order valence-corrected chi connectivity index (χ1v) is 5.04. The summed E-state index contributed by atoms with van der Waals surface area (Å²) in [6, 6.07) is 0.230. The maximum absolute atomic E-state index is 5.64. The monoisotopic (exact) mass is 185 g/mol. The molecule has 4 rings (SSSR count). The number of hydrogen-bond donors (Lipinski definition) is 1. The molecule has 1 unspecified atom stereocenters. The van der Waals surface area contributed by atoms with Crippen LogP contribution in [-0.2, 0) is 14.2 Å². The van der Waals surface area contributed by atoms with Crippen molar-refractivity contribution < 1.29 is 14.2 Å². The van der Waals surface area contributed by atoms with E-state index in [1.807, 2.05) is 0 Å². The molecule has 4 aliphatic rings. The standard InChI is InChI=1S/C9H15NO3/c1-2-8(10-3-1)9-11-4-7(5-12-9)6-13-9/h7-8,10H,1-6H2. The fourth-order valence-corrected chi connectivity index (χ4v) is 2.26. The topological polar surface area (TPSA) is 39.7 Å². The molecule has 0 aromatic rings. The Kier molecular flexibility index (Phi) is 1.83. The van der Waals surface area contributed by atoms with Crippen molar-refractivity contribution >= 4 is 0 Å². The highest BCUT2D eigenvalue weighted by atomic mass is 16.9. The lowest BCUT2D eigenvalue weighted by atomic mass is 10.1. The average Bonchev–Trinajstić information content (AvgIpc) is 2.74. The van der Waals surface area contributed by atoms with Crippen LogP contribution in [-0.4, -0.2) is 38.4 Å². The molecule has 0 radical (unpaired) electrons. The summed E-state index contributed by atoms with van der Waals surface area (Å²) in [4.78, 5) is 0. The zero-order chi connectivity index (χ0) is 8.73. The Hall–Kier alpha value is -0.160. The smallest absolute Gasteiger partial charge is 0.299 e. The molecule has 2 bridgehead atoms. The van der Waals surface area contributed by atoms with E-state index in [2.05, 4.69) is 5.32 Å². The highest BCUT2D eigenvalue weighted by Crippen LogP contribution is 2.35. The number of rotatable bonds is 1. The van der Waals surface area contributed by atoms with Crippen LogP contribution >= 0.6 is 0 Å². The molecule has 0 aromatic heterocycles. The maximum Gasteiger partial charge on any atom is 0.299 e. The van der Waals surface area contributed by atoms with E-state index < -0.39 is 5.97 Å². The average molecular weight is 185 g/mol. The highest BCUT2D eigenvalue weighted by molar-refractivity contribution is 4.88. The van der Waals surface area contributed by atoms with Crippen LogP contribution in [0.15, 0.2) is 0 Å². The van der Waals surface area contributed by atoms with Crippen LogP contribution in [0, 0.1) is 5.92 Å². The minimum absolute atomic E-state index is 0.230. The molecule has 0 amide bonds. The highest BCUT2D eigenvalue weighted by Gasteiger charge is 2.51. The van der Waals surface area contributed by atoms with Gasteiger partial charge in [-0.1, -0.05) is 0 Å². The molecule has 4 heterocycles. The molecule has 13 heavy (non-hydrogen) atoms. The number of hydrogen-bond acceptors (Lipinski definition) is 4. The van der Waals surface area contributed by atoms with E-state index in [1.165, 1.54) is 6.42 Å². The molecule has 74 valence electrons. The van der Waals surface area contributed by atoms with Crippen molar-refractivity contribution in [1.82, 2.24) is 5.32 Å². The molecule has 4 fully saturated rings. The summed E-state index contributed by atoms with van der Waals surface area (Å²) >= 11 is 0. The molecule has 0 aliphatic carbocycles. The van der Waals surface area contributed by atoms with Crippen LogP contribution in [0.4, 0.5) is 0 Å². The van der Waals surface area contributed by atoms with E-state index in [0.717, 1.165) is 32.8 Å². The molecule has 1 N–H and O–H groups in total. The van der Waals surface area contributed by atoms with Gasteiger partial charge in [-0.15, -0.1) is 0 Å². The third-order valence-electron chi connectivity index (χ3n) is 3.05. The van der Waals surface area contributed by atoms with Gasteiger partial charge in [0, 0.05) is 5.92 Å². The van der Waals surface area contributed by atoms with E-state index in [9.17, 15) is 0 Å². The summed E-state index contributed by atoms with van der Waals surface area (Å²) in [7, 11) is 0. The van der Waals surface area contributed by atoms with Gasteiger partial charge in [0.05, 0.1) is 25.9 Å². The van der Waals surface area contributed by atoms with Crippen molar-refractivity contribution in [3.63, 3.8) is 0 Å². The van der Waals surface area contributed by atoms with Gasteiger partial charge in [-0.3, -0.25) is 0 Å². The summed E-state index contributed by atoms with van der Waals surface area (Å²) in [6.07, 6.45) is 2.27. The molecule has 0 spiro atoms. The fourth-order valence-electron chi connectivity index (χ4n) is 2.26. The van der Waals surface area contributed by atoms with Crippen molar-refractivity contribution in [3.8, 4) is 0 Å².